The number of carbonyl (C=O) groups is 2. The number of rotatable bonds is 7. The van der Waals surface area contributed by atoms with Crippen LogP contribution < -0.4 is 25.1 Å². The Bertz CT molecular complexity index is 908. The van der Waals surface area contributed by atoms with Crippen LogP contribution in [0, 0.1) is 0 Å². The summed E-state index contributed by atoms with van der Waals surface area (Å²) in [5.41, 5.74) is 5.03. The van der Waals surface area contributed by atoms with Gasteiger partial charge in [0, 0.05) is 11.6 Å². The average Bonchev–Trinajstić information content (AvgIpc) is 2.76. The fourth-order valence-electron chi connectivity index (χ4n) is 3.04. The van der Waals surface area contributed by atoms with Crippen molar-refractivity contribution in [1.29, 1.82) is 0 Å². The second-order valence-corrected chi connectivity index (χ2v) is 7.11. The van der Waals surface area contributed by atoms with Crippen molar-refractivity contribution in [1.82, 2.24) is 15.8 Å². The van der Waals surface area contributed by atoms with Crippen LogP contribution in [-0.4, -0.2) is 56.2 Å². The molecule has 0 unspecified atom stereocenters. The topological polar surface area (TPSA) is 89.1 Å². The summed E-state index contributed by atoms with van der Waals surface area (Å²) >= 11 is 5.94. The van der Waals surface area contributed by atoms with E-state index in [9.17, 15) is 9.59 Å². The highest BCUT2D eigenvalue weighted by Crippen LogP contribution is 2.31. The Morgan fingerprint density at radius 3 is 2.70 bits per heavy atom. The van der Waals surface area contributed by atoms with Gasteiger partial charge in [0.1, 0.15) is 18.5 Å². The van der Waals surface area contributed by atoms with Gasteiger partial charge in [-0.05, 0) is 36.9 Å². The number of methoxy groups -OCH3 is 1. The van der Waals surface area contributed by atoms with E-state index in [0.29, 0.717) is 42.0 Å². The number of hydrogen-bond donors (Lipinski definition) is 2. The Balaban J connectivity index is 1.50. The van der Waals surface area contributed by atoms with E-state index in [2.05, 4.69) is 10.9 Å². The van der Waals surface area contributed by atoms with E-state index in [4.69, 9.17) is 25.8 Å². The van der Waals surface area contributed by atoms with E-state index < -0.39 is 5.91 Å². The summed E-state index contributed by atoms with van der Waals surface area (Å²) in [7, 11) is 1.45. The van der Waals surface area contributed by atoms with E-state index in [-0.39, 0.29) is 24.1 Å². The fourth-order valence-corrected chi connectivity index (χ4v) is 3.21. The number of carbonyl (C=O) groups excluding carboxylic acids is 2. The fraction of sp³-hybridized carbons (Fsp3) is 0.333. The van der Waals surface area contributed by atoms with Crippen LogP contribution in [0.1, 0.15) is 17.3 Å². The van der Waals surface area contributed by atoms with Gasteiger partial charge in [-0.3, -0.25) is 25.3 Å². The monoisotopic (exact) mass is 433 g/mol. The normalized spacial score (nSPS) is 14.9. The van der Waals surface area contributed by atoms with Crippen LogP contribution in [0.2, 0.25) is 5.02 Å². The van der Waals surface area contributed by atoms with E-state index in [1.807, 2.05) is 36.1 Å². The summed E-state index contributed by atoms with van der Waals surface area (Å²) in [4.78, 5) is 26.6. The minimum Gasteiger partial charge on any atom is -0.496 e. The molecular formula is C21H24ClN3O5. The van der Waals surface area contributed by atoms with Crippen LogP contribution >= 0.6 is 11.6 Å². The molecule has 0 bridgehead atoms. The van der Waals surface area contributed by atoms with Crippen molar-refractivity contribution in [2.24, 2.45) is 0 Å². The smallest absolute Gasteiger partial charge is 0.273 e. The number of hydrazine groups is 1. The summed E-state index contributed by atoms with van der Waals surface area (Å²) in [6.45, 7) is 3.57. The largest absolute Gasteiger partial charge is 0.496 e. The number of hydrogen-bond acceptors (Lipinski definition) is 6. The predicted molar refractivity (Wildman–Crippen MR) is 112 cm³/mol. The van der Waals surface area contributed by atoms with Crippen molar-refractivity contribution >= 4 is 23.4 Å². The molecule has 0 aromatic heterocycles. The third-order valence-electron chi connectivity index (χ3n) is 4.57. The lowest BCUT2D eigenvalue weighted by molar-refractivity contribution is -0.123. The van der Waals surface area contributed by atoms with E-state index in [1.165, 1.54) is 13.2 Å². The van der Waals surface area contributed by atoms with E-state index >= 15 is 0 Å². The zero-order chi connectivity index (χ0) is 21.5. The lowest BCUT2D eigenvalue weighted by Gasteiger charge is -2.30. The molecule has 1 aliphatic heterocycles. The maximum atomic E-state index is 12.4. The van der Waals surface area contributed by atoms with Crippen LogP contribution in [-0.2, 0) is 4.79 Å². The number of nitrogens with zero attached hydrogens (tertiary/aromatic N) is 1. The van der Waals surface area contributed by atoms with Gasteiger partial charge in [0.2, 0.25) is 0 Å². The number of benzene rings is 2. The van der Waals surface area contributed by atoms with E-state index in [1.54, 1.807) is 12.1 Å². The van der Waals surface area contributed by atoms with Crippen molar-refractivity contribution in [3.8, 4) is 17.2 Å². The van der Waals surface area contributed by atoms with Gasteiger partial charge in [0.25, 0.3) is 11.8 Å². The molecule has 0 saturated heterocycles. The lowest BCUT2D eigenvalue weighted by atomic mass is 10.2. The molecule has 9 heteroatoms. The van der Waals surface area contributed by atoms with Gasteiger partial charge in [0.15, 0.2) is 11.5 Å². The van der Waals surface area contributed by atoms with Crippen molar-refractivity contribution < 1.29 is 23.8 Å². The molecule has 8 nitrogen and oxygen atoms in total. The van der Waals surface area contributed by atoms with Gasteiger partial charge >= 0.3 is 0 Å². The summed E-state index contributed by atoms with van der Waals surface area (Å²) < 4.78 is 16.8. The summed E-state index contributed by atoms with van der Waals surface area (Å²) in [5.74, 6) is 0.886. The molecule has 0 saturated carbocycles. The molecule has 2 N–H and O–H groups in total. The Hall–Kier alpha value is -2.97. The van der Waals surface area contributed by atoms with Gasteiger partial charge in [-0.2, -0.15) is 0 Å². The first-order chi connectivity index (χ1) is 14.5. The number of ether oxygens (including phenoxy) is 3. The highest BCUT2D eigenvalue weighted by atomic mass is 35.5. The maximum absolute atomic E-state index is 12.4. The summed E-state index contributed by atoms with van der Waals surface area (Å²) in [6.07, 6.45) is -0.196. The first kappa shape index (κ1) is 21.7. The highest BCUT2D eigenvalue weighted by molar-refractivity contribution is 6.31. The molecule has 1 atom stereocenters. The van der Waals surface area contributed by atoms with Gasteiger partial charge in [0.05, 0.1) is 19.2 Å². The molecule has 1 aliphatic rings. The quantitative estimate of drug-likeness (QED) is 0.651. The van der Waals surface area contributed by atoms with Gasteiger partial charge in [-0.15, -0.1) is 0 Å². The molecule has 2 amide bonds. The number of nitrogens with one attached hydrogen (secondary N) is 2. The van der Waals surface area contributed by atoms with Crippen molar-refractivity contribution in [3.05, 3.63) is 53.1 Å². The van der Waals surface area contributed by atoms with E-state index in [0.717, 1.165) is 0 Å². The minimum absolute atomic E-state index is 0.0883. The predicted octanol–water partition coefficient (Wildman–Crippen LogP) is 2.27. The average molecular weight is 434 g/mol. The SMILES string of the molecule is CCN(CC(=O)NNC(=O)c1cc(Cl)ccc1OC)C[C@@H]1COc2ccccc2O1. The Kier molecular flexibility index (Phi) is 7.37. The third-order valence-corrected chi connectivity index (χ3v) is 4.80. The second-order valence-electron chi connectivity index (χ2n) is 6.67. The Labute approximate surface area is 180 Å². The molecule has 3 rings (SSSR count). The minimum atomic E-state index is -0.522. The number of para-hydroxylation sites is 2. The molecule has 0 radical (unpaired) electrons. The van der Waals surface area contributed by atoms with Gasteiger partial charge in [-0.1, -0.05) is 30.7 Å². The zero-order valence-corrected chi connectivity index (χ0v) is 17.6. The lowest BCUT2D eigenvalue weighted by Crippen LogP contribution is -2.49. The van der Waals surface area contributed by atoms with Crippen LogP contribution in [0.25, 0.3) is 0 Å². The molecule has 160 valence electrons. The molecule has 0 fully saturated rings. The molecule has 30 heavy (non-hydrogen) atoms. The summed E-state index contributed by atoms with van der Waals surface area (Å²) in [6, 6.07) is 12.1. The van der Waals surface area contributed by atoms with Gasteiger partial charge in [-0.25, -0.2) is 0 Å². The first-order valence-corrected chi connectivity index (χ1v) is 9.91. The first-order valence-electron chi connectivity index (χ1n) is 9.53. The van der Waals surface area contributed by atoms with Crippen LogP contribution in [0.3, 0.4) is 0 Å². The van der Waals surface area contributed by atoms with Crippen LogP contribution in [0.15, 0.2) is 42.5 Å². The standard InChI is InChI=1S/C21H24ClN3O5/c1-3-25(11-15-13-29-18-6-4-5-7-19(18)30-15)12-20(26)23-24-21(27)16-10-14(22)8-9-17(16)28-2/h4-10,15H,3,11-13H2,1-2H3,(H,23,26)(H,24,27)/t15-/m1/s1. The van der Waals surface area contributed by atoms with Crippen molar-refractivity contribution in [2.75, 3.05) is 33.4 Å². The van der Waals surface area contributed by atoms with Crippen molar-refractivity contribution in [2.45, 2.75) is 13.0 Å². The third kappa shape index (κ3) is 5.55. The number of likely N-dealkylation sites (N-methyl/N-ethyl adjacent to an activating group) is 1. The molecule has 0 spiro atoms. The number of fused-ring (bicyclic) bond motifs is 1. The maximum Gasteiger partial charge on any atom is 0.273 e. The number of amides is 2. The highest BCUT2D eigenvalue weighted by Gasteiger charge is 2.23. The zero-order valence-electron chi connectivity index (χ0n) is 16.8. The Morgan fingerprint density at radius 2 is 1.97 bits per heavy atom. The molecular weight excluding hydrogens is 410 g/mol. The summed E-state index contributed by atoms with van der Waals surface area (Å²) in [5, 5.41) is 0.390. The second kappa shape index (κ2) is 10.2. The van der Waals surface area contributed by atoms with Gasteiger partial charge < -0.3 is 14.2 Å². The van der Waals surface area contributed by atoms with Crippen LogP contribution in [0.4, 0.5) is 0 Å². The molecule has 1 heterocycles. The number of halogens is 1. The molecule has 0 aliphatic carbocycles. The van der Waals surface area contributed by atoms with Crippen molar-refractivity contribution in [3.63, 3.8) is 0 Å². The molecule has 2 aromatic carbocycles. The molecule has 2 aromatic rings. The van der Waals surface area contributed by atoms with Crippen LogP contribution in [0.5, 0.6) is 17.2 Å². The Morgan fingerprint density at radius 1 is 1.20 bits per heavy atom.